The zero-order chi connectivity index (χ0) is 22.0. The molecule has 0 amide bonds. The molecule has 0 saturated carbocycles. The largest absolute Gasteiger partial charge is 0.417 e. The highest BCUT2D eigenvalue weighted by Gasteiger charge is 2.30. The predicted octanol–water partition coefficient (Wildman–Crippen LogP) is 3.49. The highest BCUT2D eigenvalue weighted by molar-refractivity contribution is 6.32. The molecule has 0 bridgehead atoms. The highest BCUT2D eigenvalue weighted by atomic mass is 35.5. The predicted molar refractivity (Wildman–Crippen MR) is 106 cm³/mol. The van der Waals surface area contributed by atoms with Crippen molar-refractivity contribution < 1.29 is 13.2 Å². The van der Waals surface area contributed by atoms with E-state index in [9.17, 15) is 18.0 Å². The third kappa shape index (κ3) is 4.40. The molecule has 0 atom stereocenters. The molecule has 0 saturated heterocycles. The normalized spacial score (nSPS) is 11.5. The number of aromatic nitrogens is 6. The van der Waals surface area contributed by atoms with E-state index in [1.807, 2.05) is 6.07 Å². The van der Waals surface area contributed by atoms with Crippen LogP contribution in [0.4, 0.5) is 18.9 Å². The standard InChI is InChI=1S/C19H13ClF3N7O/c20-17-14(25-9-12-4-6-24-16(8-12)29-7-1-5-27-29)11-28-30(18(17)31)15-3-2-13(10-26-15)19(21,22)23/h1-8,10-11,25H,9H2. The van der Waals surface area contributed by atoms with Gasteiger partial charge in [-0.05, 0) is 35.9 Å². The molecule has 4 aromatic heterocycles. The molecule has 31 heavy (non-hydrogen) atoms. The second-order valence-corrected chi connectivity index (χ2v) is 6.70. The molecule has 12 heteroatoms. The second-order valence-electron chi connectivity index (χ2n) is 6.32. The quantitative estimate of drug-likeness (QED) is 0.503. The van der Waals surface area contributed by atoms with E-state index in [1.54, 1.807) is 35.4 Å². The molecule has 0 aliphatic rings. The molecule has 4 heterocycles. The summed E-state index contributed by atoms with van der Waals surface area (Å²) in [5.41, 5.74) is -0.524. The first-order chi connectivity index (χ1) is 14.8. The molecule has 0 aromatic carbocycles. The number of nitrogens with zero attached hydrogens (tertiary/aromatic N) is 6. The number of nitrogens with one attached hydrogen (secondary N) is 1. The van der Waals surface area contributed by atoms with E-state index in [1.165, 1.54) is 6.20 Å². The van der Waals surface area contributed by atoms with Crippen LogP contribution in [0.2, 0.25) is 5.02 Å². The summed E-state index contributed by atoms with van der Waals surface area (Å²) in [6.07, 6.45) is 2.43. The van der Waals surface area contributed by atoms with Gasteiger partial charge in [-0.3, -0.25) is 4.79 Å². The number of hydrogen-bond acceptors (Lipinski definition) is 6. The Bertz CT molecular complexity index is 1250. The molecule has 158 valence electrons. The van der Waals surface area contributed by atoms with Gasteiger partial charge in [0.05, 0.1) is 17.4 Å². The van der Waals surface area contributed by atoms with E-state index in [0.717, 1.165) is 22.4 Å². The number of anilines is 1. The van der Waals surface area contributed by atoms with E-state index in [0.29, 0.717) is 18.6 Å². The molecule has 0 radical (unpaired) electrons. The van der Waals surface area contributed by atoms with Crippen molar-refractivity contribution in [1.82, 2.24) is 29.5 Å². The monoisotopic (exact) mass is 447 g/mol. The van der Waals surface area contributed by atoms with Gasteiger partial charge < -0.3 is 5.32 Å². The lowest BCUT2D eigenvalue weighted by molar-refractivity contribution is -0.137. The number of hydrogen-bond donors (Lipinski definition) is 1. The summed E-state index contributed by atoms with van der Waals surface area (Å²) < 4.78 is 40.5. The van der Waals surface area contributed by atoms with Crippen molar-refractivity contribution in [1.29, 1.82) is 0 Å². The molecule has 4 rings (SSSR count). The molecule has 1 N–H and O–H groups in total. The van der Waals surface area contributed by atoms with Crippen molar-refractivity contribution in [2.45, 2.75) is 12.7 Å². The highest BCUT2D eigenvalue weighted by Crippen LogP contribution is 2.28. The SMILES string of the molecule is O=c1c(Cl)c(NCc2ccnc(-n3cccn3)c2)cnn1-c1ccc(C(F)(F)F)cn1. The lowest BCUT2D eigenvalue weighted by Crippen LogP contribution is -2.23. The van der Waals surface area contributed by atoms with Gasteiger partial charge in [0.15, 0.2) is 11.6 Å². The van der Waals surface area contributed by atoms with Crippen molar-refractivity contribution in [2.24, 2.45) is 0 Å². The first-order valence-corrected chi connectivity index (χ1v) is 9.21. The Morgan fingerprint density at radius 3 is 2.55 bits per heavy atom. The van der Waals surface area contributed by atoms with Gasteiger partial charge in [0, 0.05) is 31.3 Å². The molecule has 0 fully saturated rings. The van der Waals surface area contributed by atoms with Gasteiger partial charge in [-0.2, -0.15) is 28.1 Å². The number of rotatable bonds is 5. The molecule has 0 aliphatic heterocycles. The van der Waals surface area contributed by atoms with E-state index in [-0.39, 0.29) is 16.5 Å². The summed E-state index contributed by atoms with van der Waals surface area (Å²) in [5, 5.41) is 10.9. The van der Waals surface area contributed by atoms with Gasteiger partial charge in [0.25, 0.3) is 5.56 Å². The Labute approximate surface area is 178 Å². The molecule has 0 spiro atoms. The van der Waals surface area contributed by atoms with E-state index in [4.69, 9.17) is 11.6 Å². The molecule has 4 aromatic rings. The summed E-state index contributed by atoms with van der Waals surface area (Å²) in [5.74, 6) is 0.543. The Balaban J connectivity index is 1.53. The Hall–Kier alpha value is -3.73. The van der Waals surface area contributed by atoms with E-state index in [2.05, 4.69) is 25.5 Å². The topological polar surface area (TPSA) is 90.5 Å². The fraction of sp³-hybridized carbons (Fsp3) is 0.105. The molecular weight excluding hydrogens is 435 g/mol. The van der Waals surface area contributed by atoms with Crippen molar-refractivity contribution in [2.75, 3.05) is 5.32 Å². The smallest absolute Gasteiger partial charge is 0.378 e. The number of pyridine rings is 2. The minimum absolute atomic E-state index is 0.0792. The van der Waals surface area contributed by atoms with Gasteiger partial charge >= 0.3 is 6.18 Å². The van der Waals surface area contributed by atoms with Crippen LogP contribution in [0.15, 0.2) is 66.1 Å². The van der Waals surface area contributed by atoms with Crippen LogP contribution in [0.25, 0.3) is 11.6 Å². The van der Waals surface area contributed by atoms with Crippen LogP contribution in [0.3, 0.4) is 0 Å². The zero-order valence-electron chi connectivity index (χ0n) is 15.6. The molecule has 0 unspecified atom stereocenters. The first-order valence-electron chi connectivity index (χ1n) is 8.83. The Morgan fingerprint density at radius 2 is 1.87 bits per heavy atom. The second kappa shape index (κ2) is 8.19. The maximum absolute atomic E-state index is 12.7. The minimum Gasteiger partial charge on any atom is -0.378 e. The zero-order valence-corrected chi connectivity index (χ0v) is 16.3. The van der Waals surface area contributed by atoms with Crippen LogP contribution < -0.4 is 10.9 Å². The first kappa shape index (κ1) is 20.5. The van der Waals surface area contributed by atoms with Gasteiger partial charge in [0.2, 0.25) is 0 Å². The van der Waals surface area contributed by atoms with Crippen LogP contribution in [-0.4, -0.2) is 29.5 Å². The average molecular weight is 448 g/mol. The maximum atomic E-state index is 12.7. The molecular formula is C19H13ClF3N7O. The van der Waals surface area contributed by atoms with Crippen LogP contribution in [0.1, 0.15) is 11.1 Å². The van der Waals surface area contributed by atoms with Gasteiger partial charge in [0.1, 0.15) is 5.02 Å². The average Bonchev–Trinajstić information content (AvgIpc) is 3.30. The molecule has 0 aliphatic carbocycles. The van der Waals surface area contributed by atoms with Crippen LogP contribution in [-0.2, 0) is 12.7 Å². The summed E-state index contributed by atoms with van der Waals surface area (Å²) in [4.78, 5) is 20.4. The summed E-state index contributed by atoms with van der Waals surface area (Å²) in [6, 6.07) is 7.24. The number of alkyl halides is 3. The Morgan fingerprint density at radius 1 is 1.03 bits per heavy atom. The Kier molecular flexibility index (Phi) is 5.42. The van der Waals surface area contributed by atoms with Crippen molar-refractivity contribution in [3.8, 4) is 11.6 Å². The van der Waals surface area contributed by atoms with Crippen molar-refractivity contribution in [3.05, 3.63) is 87.8 Å². The third-order valence-electron chi connectivity index (χ3n) is 4.24. The van der Waals surface area contributed by atoms with Crippen molar-refractivity contribution in [3.63, 3.8) is 0 Å². The fourth-order valence-corrected chi connectivity index (χ4v) is 2.89. The van der Waals surface area contributed by atoms with Gasteiger partial charge in [-0.25, -0.2) is 14.6 Å². The fourth-order valence-electron chi connectivity index (χ4n) is 2.70. The summed E-state index contributed by atoms with van der Waals surface area (Å²) in [7, 11) is 0. The lowest BCUT2D eigenvalue weighted by atomic mass is 10.2. The van der Waals surface area contributed by atoms with Crippen molar-refractivity contribution >= 4 is 17.3 Å². The van der Waals surface area contributed by atoms with Gasteiger partial charge in [-0.1, -0.05) is 11.6 Å². The van der Waals surface area contributed by atoms with Crippen LogP contribution >= 0.6 is 11.6 Å². The van der Waals surface area contributed by atoms with E-state index >= 15 is 0 Å². The minimum atomic E-state index is -4.53. The lowest BCUT2D eigenvalue weighted by Gasteiger charge is -2.11. The van der Waals surface area contributed by atoms with E-state index < -0.39 is 17.3 Å². The maximum Gasteiger partial charge on any atom is 0.417 e. The summed E-state index contributed by atoms with van der Waals surface area (Å²) >= 11 is 6.16. The molecule has 8 nitrogen and oxygen atoms in total. The third-order valence-corrected chi connectivity index (χ3v) is 4.61. The van der Waals surface area contributed by atoms with Crippen LogP contribution in [0, 0.1) is 0 Å². The van der Waals surface area contributed by atoms with Crippen LogP contribution in [0.5, 0.6) is 0 Å². The summed E-state index contributed by atoms with van der Waals surface area (Å²) in [6.45, 7) is 0.320. The van der Waals surface area contributed by atoms with Gasteiger partial charge in [-0.15, -0.1) is 0 Å². The number of halogens is 4.